The zero-order chi connectivity index (χ0) is 12.2. The van der Waals surface area contributed by atoms with Gasteiger partial charge in [-0.1, -0.05) is 18.2 Å². The normalized spacial score (nSPS) is 21.3. The molecule has 1 aromatic rings. The molecule has 2 aliphatic rings. The van der Waals surface area contributed by atoms with Crippen LogP contribution >= 0.6 is 0 Å². The molecule has 0 aliphatic carbocycles. The maximum absolute atomic E-state index is 5.52. The number of nitrogens with one attached hydrogen (secondary N) is 1. The fourth-order valence-electron chi connectivity index (χ4n) is 2.96. The molecule has 0 atom stereocenters. The monoisotopic (exact) mass is 246 g/mol. The molecule has 1 N–H and O–H groups in total. The largest absolute Gasteiger partial charge is 0.380 e. The van der Waals surface area contributed by atoms with Crippen LogP contribution in [0.1, 0.15) is 23.1 Å². The first-order valence-electron chi connectivity index (χ1n) is 7.04. The van der Waals surface area contributed by atoms with Crippen molar-refractivity contribution >= 4 is 0 Å². The summed E-state index contributed by atoms with van der Waals surface area (Å²) in [6.07, 6.45) is 2.34. The number of fused-ring (bicyclic) bond motifs is 1. The number of ether oxygens (including phenoxy) is 1. The molecular formula is C15H22N2O. The van der Waals surface area contributed by atoms with E-state index in [9.17, 15) is 0 Å². The van der Waals surface area contributed by atoms with Gasteiger partial charge in [0.15, 0.2) is 0 Å². The molecule has 3 nitrogen and oxygen atoms in total. The fraction of sp³-hybridized carbons (Fsp3) is 0.600. The Morgan fingerprint density at radius 1 is 1.22 bits per heavy atom. The zero-order valence-corrected chi connectivity index (χ0v) is 11.0. The Morgan fingerprint density at radius 2 is 2.22 bits per heavy atom. The van der Waals surface area contributed by atoms with Gasteiger partial charge >= 0.3 is 0 Å². The predicted molar refractivity (Wildman–Crippen MR) is 72.6 cm³/mol. The summed E-state index contributed by atoms with van der Waals surface area (Å²) in [7, 11) is 0. The highest BCUT2D eigenvalue weighted by molar-refractivity contribution is 5.37. The topological polar surface area (TPSA) is 24.5 Å². The molecule has 2 heterocycles. The first-order valence-corrected chi connectivity index (χ1v) is 7.04. The molecule has 1 fully saturated rings. The third kappa shape index (κ3) is 2.74. The molecular weight excluding hydrogens is 224 g/mol. The van der Waals surface area contributed by atoms with Crippen molar-refractivity contribution in [1.29, 1.82) is 0 Å². The molecule has 3 heteroatoms. The van der Waals surface area contributed by atoms with Crippen LogP contribution < -0.4 is 5.32 Å². The third-order valence-corrected chi connectivity index (χ3v) is 3.95. The molecule has 0 bridgehead atoms. The number of benzene rings is 1. The van der Waals surface area contributed by atoms with E-state index in [0.29, 0.717) is 0 Å². The van der Waals surface area contributed by atoms with E-state index in [1.165, 1.54) is 24.1 Å². The van der Waals surface area contributed by atoms with Gasteiger partial charge in [0, 0.05) is 32.8 Å². The van der Waals surface area contributed by atoms with Gasteiger partial charge in [0.25, 0.3) is 0 Å². The summed E-state index contributed by atoms with van der Waals surface area (Å²) in [5.74, 6) is 0. The lowest BCUT2D eigenvalue weighted by Gasteiger charge is -2.24. The van der Waals surface area contributed by atoms with E-state index < -0.39 is 0 Å². The second kappa shape index (κ2) is 5.83. The molecule has 0 saturated carbocycles. The van der Waals surface area contributed by atoms with E-state index >= 15 is 0 Å². The van der Waals surface area contributed by atoms with Crippen LogP contribution in [0.3, 0.4) is 0 Å². The highest BCUT2D eigenvalue weighted by Gasteiger charge is 2.15. The lowest BCUT2D eigenvalue weighted by molar-refractivity contribution is 0.140. The lowest BCUT2D eigenvalue weighted by atomic mass is 9.95. The van der Waals surface area contributed by atoms with E-state index in [-0.39, 0.29) is 0 Å². The highest BCUT2D eigenvalue weighted by atomic mass is 16.5. The Morgan fingerprint density at radius 3 is 3.22 bits per heavy atom. The maximum Gasteiger partial charge on any atom is 0.0593 e. The summed E-state index contributed by atoms with van der Waals surface area (Å²) < 4.78 is 5.52. The molecule has 0 spiro atoms. The van der Waals surface area contributed by atoms with Crippen LogP contribution in [0.15, 0.2) is 18.2 Å². The van der Waals surface area contributed by atoms with Crippen molar-refractivity contribution in [1.82, 2.24) is 10.2 Å². The van der Waals surface area contributed by atoms with E-state index in [1.807, 2.05) is 0 Å². The quantitative estimate of drug-likeness (QED) is 0.857. The Labute approximate surface area is 109 Å². The summed E-state index contributed by atoms with van der Waals surface area (Å²) in [6, 6.07) is 6.77. The average molecular weight is 246 g/mol. The van der Waals surface area contributed by atoms with Gasteiger partial charge in [-0.15, -0.1) is 0 Å². The minimum atomic E-state index is 0.885. The van der Waals surface area contributed by atoms with Gasteiger partial charge in [-0.3, -0.25) is 4.90 Å². The minimum Gasteiger partial charge on any atom is -0.380 e. The van der Waals surface area contributed by atoms with Crippen LogP contribution in [0.2, 0.25) is 0 Å². The van der Waals surface area contributed by atoms with Gasteiger partial charge in [-0.25, -0.2) is 0 Å². The first kappa shape index (κ1) is 12.2. The van der Waals surface area contributed by atoms with Crippen molar-refractivity contribution in [3.63, 3.8) is 0 Å². The van der Waals surface area contributed by atoms with E-state index in [2.05, 4.69) is 28.4 Å². The molecule has 0 radical (unpaired) electrons. The molecule has 0 unspecified atom stereocenters. The van der Waals surface area contributed by atoms with Crippen molar-refractivity contribution in [3.8, 4) is 0 Å². The molecule has 0 amide bonds. The van der Waals surface area contributed by atoms with E-state index in [0.717, 1.165) is 45.8 Å². The summed E-state index contributed by atoms with van der Waals surface area (Å²) in [6.45, 7) is 7.29. The Balaban J connectivity index is 1.75. The van der Waals surface area contributed by atoms with Crippen LogP contribution in [0.4, 0.5) is 0 Å². The van der Waals surface area contributed by atoms with Crippen molar-refractivity contribution in [2.75, 3.05) is 32.8 Å². The summed E-state index contributed by atoms with van der Waals surface area (Å²) in [5, 5.41) is 3.45. The van der Waals surface area contributed by atoms with Crippen molar-refractivity contribution in [3.05, 3.63) is 34.9 Å². The van der Waals surface area contributed by atoms with Gasteiger partial charge in [0.05, 0.1) is 6.61 Å². The van der Waals surface area contributed by atoms with Crippen molar-refractivity contribution < 1.29 is 4.74 Å². The SMILES string of the molecule is c1cc2c(c(CN3CCCOCC3)c1)CCNC2. The molecule has 2 aliphatic heterocycles. The Hall–Kier alpha value is -0.900. The molecule has 3 rings (SSSR count). The van der Waals surface area contributed by atoms with Gasteiger partial charge in [-0.05, 0) is 36.1 Å². The first-order chi connectivity index (χ1) is 8.93. The van der Waals surface area contributed by atoms with Gasteiger partial charge < -0.3 is 10.1 Å². The highest BCUT2D eigenvalue weighted by Crippen LogP contribution is 2.20. The zero-order valence-electron chi connectivity index (χ0n) is 11.0. The van der Waals surface area contributed by atoms with Crippen molar-refractivity contribution in [2.45, 2.75) is 25.9 Å². The van der Waals surface area contributed by atoms with Crippen LogP contribution in [-0.2, 0) is 24.2 Å². The second-order valence-electron chi connectivity index (χ2n) is 5.22. The maximum atomic E-state index is 5.52. The average Bonchev–Trinajstić information content (AvgIpc) is 2.68. The molecule has 0 aromatic heterocycles. The van der Waals surface area contributed by atoms with Gasteiger partial charge in [0.2, 0.25) is 0 Å². The lowest BCUT2D eigenvalue weighted by Crippen LogP contribution is -2.29. The Kier molecular flexibility index (Phi) is 3.93. The minimum absolute atomic E-state index is 0.885. The number of nitrogens with zero attached hydrogens (tertiary/aromatic N) is 1. The standard InChI is InChI=1S/C15H22N2O/c1-3-13-11-16-6-5-15(13)14(4-1)12-17-7-2-9-18-10-8-17/h1,3-4,16H,2,5-12H2. The van der Waals surface area contributed by atoms with E-state index in [4.69, 9.17) is 4.74 Å². The Bertz CT molecular complexity index is 397. The van der Waals surface area contributed by atoms with Gasteiger partial charge in [-0.2, -0.15) is 0 Å². The second-order valence-corrected chi connectivity index (χ2v) is 5.22. The summed E-state index contributed by atoms with van der Waals surface area (Å²) in [4.78, 5) is 2.53. The third-order valence-electron chi connectivity index (χ3n) is 3.95. The van der Waals surface area contributed by atoms with Crippen LogP contribution in [-0.4, -0.2) is 37.7 Å². The smallest absolute Gasteiger partial charge is 0.0593 e. The van der Waals surface area contributed by atoms with Crippen LogP contribution in [0.25, 0.3) is 0 Å². The number of hydrogen-bond donors (Lipinski definition) is 1. The van der Waals surface area contributed by atoms with Gasteiger partial charge in [0.1, 0.15) is 0 Å². The molecule has 1 aromatic carbocycles. The molecule has 98 valence electrons. The number of rotatable bonds is 2. The van der Waals surface area contributed by atoms with Crippen LogP contribution in [0.5, 0.6) is 0 Å². The summed E-state index contributed by atoms with van der Waals surface area (Å²) in [5.41, 5.74) is 4.60. The fourth-order valence-corrected chi connectivity index (χ4v) is 2.96. The number of hydrogen-bond acceptors (Lipinski definition) is 3. The van der Waals surface area contributed by atoms with E-state index in [1.54, 1.807) is 5.56 Å². The van der Waals surface area contributed by atoms with Crippen LogP contribution in [0, 0.1) is 0 Å². The van der Waals surface area contributed by atoms with Crippen molar-refractivity contribution in [2.24, 2.45) is 0 Å². The predicted octanol–water partition coefficient (Wildman–Crippen LogP) is 1.55. The molecule has 18 heavy (non-hydrogen) atoms. The molecule has 1 saturated heterocycles. The summed E-state index contributed by atoms with van der Waals surface area (Å²) >= 11 is 0.